The van der Waals surface area contributed by atoms with Crippen LogP contribution in [-0.2, 0) is 11.8 Å². The van der Waals surface area contributed by atoms with Gasteiger partial charge in [0.2, 0.25) is 5.95 Å². The Balaban J connectivity index is 1.16. The van der Waals surface area contributed by atoms with Crippen LogP contribution in [0.5, 0.6) is 5.75 Å². The number of aromatic nitrogens is 4. The number of ether oxygens (including phenoxy) is 2. The Hall–Kier alpha value is -3.89. The Kier molecular flexibility index (Phi) is 9.08. The van der Waals surface area contributed by atoms with E-state index in [1.54, 1.807) is 54.7 Å². The van der Waals surface area contributed by atoms with E-state index in [4.69, 9.17) is 32.7 Å². The number of pyridine rings is 2. The number of benzene rings is 1. The van der Waals surface area contributed by atoms with Crippen molar-refractivity contribution in [3.8, 4) is 16.9 Å². The zero-order valence-corrected chi connectivity index (χ0v) is 26.1. The summed E-state index contributed by atoms with van der Waals surface area (Å²) in [5, 5.41) is 4.52. The topological polar surface area (TPSA) is 111 Å². The second-order valence-electron chi connectivity index (χ2n) is 11.5. The number of aryl methyl sites for hydroxylation is 1. The lowest BCUT2D eigenvalue weighted by Crippen LogP contribution is -2.41. The van der Waals surface area contributed by atoms with Gasteiger partial charge in [0.05, 0.1) is 28.4 Å². The minimum atomic E-state index is -0.484. The van der Waals surface area contributed by atoms with Crippen LogP contribution in [0.1, 0.15) is 40.0 Å². The van der Waals surface area contributed by atoms with Crippen molar-refractivity contribution in [1.82, 2.24) is 24.4 Å². The van der Waals surface area contributed by atoms with Crippen LogP contribution in [0.4, 0.5) is 16.6 Å². The summed E-state index contributed by atoms with van der Waals surface area (Å²) in [6, 6.07) is 10.4. The monoisotopic (exact) mass is 624 g/mol. The summed E-state index contributed by atoms with van der Waals surface area (Å²) in [5.41, 5.74) is 0.539. The van der Waals surface area contributed by atoms with Crippen molar-refractivity contribution >= 4 is 52.1 Å². The Morgan fingerprint density at radius 1 is 1.07 bits per heavy atom. The van der Waals surface area contributed by atoms with Crippen molar-refractivity contribution < 1.29 is 14.3 Å². The standard InChI is InChI=1S/C31H34Cl2N6O4/c1-31(2,3)43-30(41)39-13-10-19(11-14-39)12-15-42-21-8-9-25(34-18-21)36-29-35-17-20-16-22(28(40)38(4)27(20)37-29)26-23(32)6-5-7-24(26)33/h5-9,16-19H,10-15H2,1-4H3,(H,34,35,36,37). The molecule has 1 amide bonds. The van der Waals surface area contributed by atoms with Crippen LogP contribution in [0.3, 0.4) is 0 Å². The highest BCUT2D eigenvalue weighted by atomic mass is 35.5. The molecule has 0 spiro atoms. The maximum absolute atomic E-state index is 13.2. The molecule has 1 fully saturated rings. The van der Waals surface area contributed by atoms with Crippen LogP contribution in [0.25, 0.3) is 22.2 Å². The average molecular weight is 626 g/mol. The number of carbonyl (C=O) groups is 1. The van der Waals surface area contributed by atoms with Gasteiger partial charge in [0.25, 0.3) is 5.56 Å². The second kappa shape index (κ2) is 12.8. The van der Waals surface area contributed by atoms with Crippen LogP contribution in [0, 0.1) is 5.92 Å². The van der Waals surface area contributed by atoms with Crippen molar-refractivity contribution in [3.05, 3.63) is 69.2 Å². The molecule has 43 heavy (non-hydrogen) atoms. The van der Waals surface area contributed by atoms with Crippen molar-refractivity contribution in [2.45, 2.75) is 45.6 Å². The number of hydrogen-bond acceptors (Lipinski definition) is 8. The number of rotatable bonds is 7. The molecule has 1 aliphatic heterocycles. The van der Waals surface area contributed by atoms with E-state index >= 15 is 0 Å². The van der Waals surface area contributed by atoms with Crippen LogP contribution in [0.15, 0.2) is 53.6 Å². The van der Waals surface area contributed by atoms with E-state index in [0.717, 1.165) is 19.3 Å². The normalized spacial score (nSPS) is 14.1. The van der Waals surface area contributed by atoms with Crippen molar-refractivity contribution in [3.63, 3.8) is 0 Å². The molecular weight excluding hydrogens is 591 g/mol. The van der Waals surface area contributed by atoms with Gasteiger partial charge in [-0.2, -0.15) is 4.98 Å². The lowest BCUT2D eigenvalue weighted by atomic mass is 9.94. The molecule has 0 bridgehead atoms. The predicted octanol–water partition coefficient (Wildman–Crippen LogP) is 6.86. The summed E-state index contributed by atoms with van der Waals surface area (Å²) in [6.45, 7) is 7.60. The van der Waals surface area contributed by atoms with E-state index in [1.165, 1.54) is 4.57 Å². The van der Waals surface area contributed by atoms with Crippen LogP contribution < -0.4 is 15.6 Å². The number of halogens is 2. The van der Waals surface area contributed by atoms with Crippen LogP contribution in [-0.4, -0.2) is 55.8 Å². The maximum Gasteiger partial charge on any atom is 0.410 e. The maximum atomic E-state index is 13.2. The first-order chi connectivity index (χ1) is 20.5. The smallest absolute Gasteiger partial charge is 0.410 e. The number of likely N-dealkylation sites (tertiary alicyclic amines) is 1. The fourth-order valence-electron chi connectivity index (χ4n) is 4.97. The Labute approximate surface area is 260 Å². The fourth-order valence-corrected chi connectivity index (χ4v) is 5.57. The number of nitrogens with one attached hydrogen (secondary N) is 1. The third kappa shape index (κ3) is 7.37. The lowest BCUT2D eigenvalue weighted by Gasteiger charge is -2.33. The van der Waals surface area contributed by atoms with Gasteiger partial charge in [-0.25, -0.2) is 14.8 Å². The van der Waals surface area contributed by atoms with Gasteiger partial charge < -0.3 is 19.7 Å². The fraction of sp³-hybridized carbons (Fsp3) is 0.387. The van der Waals surface area contributed by atoms with Gasteiger partial charge in [-0.05, 0) is 76.3 Å². The summed E-state index contributed by atoms with van der Waals surface area (Å²) in [7, 11) is 1.64. The number of hydrogen-bond donors (Lipinski definition) is 1. The summed E-state index contributed by atoms with van der Waals surface area (Å²) in [4.78, 5) is 40.6. The second-order valence-corrected chi connectivity index (χ2v) is 12.4. The summed E-state index contributed by atoms with van der Waals surface area (Å²) in [5.74, 6) is 1.98. The molecule has 4 aromatic rings. The quantitative estimate of drug-likeness (QED) is 0.237. The SMILES string of the molecule is Cn1c(=O)c(-c2c(Cl)cccc2Cl)cc2cnc(Nc3ccc(OCCC4CCN(C(=O)OC(C)(C)C)CC4)cn3)nc21. The van der Waals surface area contributed by atoms with E-state index < -0.39 is 5.60 Å². The molecule has 1 saturated heterocycles. The first kappa shape index (κ1) is 30.6. The Bertz CT molecular complexity index is 1660. The van der Waals surface area contributed by atoms with Gasteiger partial charge in [-0.1, -0.05) is 29.3 Å². The molecular formula is C31H34Cl2N6O4. The van der Waals surface area contributed by atoms with Gasteiger partial charge in [-0.3, -0.25) is 9.36 Å². The number of amides is 1. The Morgan fingerprint density at radius 3 is 2.44 bits per heavy atom. The molecule has 0 atom stereocenters. The highest BCUT2D eigenvalue weighted by Gasteiger charge is 2.26. The summed E-state index contributed by atoms with van der Waals surface area (Å²) < 4.78 is 12.8. The Morgan fingerprint density at radius 2 is 1.79 bits per heavy atom. The number of piperidine rings is 1. The first-order valence-corrected chi connectivity index (χ1v) is 14.9. The zero-order valence-electron chi connectivity index (χ0n) is 24.6. The van der Waals surface area contributed by atoms with Gasteiger partial charge in [0.1, 0.15) is 22.8 Å². The number of nitrogens with zero attached hydrogens (tertiary/aromatic N) is 5. The molecule has 0 aliphatic carbocycles. The van der Waals surface area contributed by atoms with E-state index in [1.807, 2.05) is 26.8 Å². The number of carbonyl (C=O) groups excluding carboxylic acids is 1. The van der Waals surface area contributed by atoms with E-state index in [0.29, 0.717) is 75.3 Å². The number of fused-ring (bicyclic) bond motifs is 1. The van der Waals surface area contributed by atoms with E-state index in [9.17, 15) is 9.59 Å². The molecule has 226 valence electrons. The molecule has 1 N–H and O–H groups in total. The van der Waals surface area contributed by atoms with Crippen LogP contribution in [0.2, 0.25) is 10.0 Å². The van der Waals surface area contributed by atoms with Crippen molar-refractivity contribution in [2.24, 2.45) is 13.0 Å². The zero-order chi connectivity index (χ0) is 30.7. The first-order valence-electron chi connectivity index (χ1n) is 14.1. The summed E-state index contributed by atoms with van der Waals surface area (Å²) >= 11 is 12.7. The molecule has 1 aromatic carbocycles. The average Bonchev–Trinajstić information content (AvgIpc) is 2.96. The highest BCUT2D eigenvalue weighted by Crippen LogP contribution is 2.34. The predicted molar refractivity (Wildman–Crippen MR) is 168 cm³/mol. The van der Waals surface area contributed by atoms with Gasteiger partial charge >= 0.3 is 6.09 Å². The highest BCUT2D eigenvalue weighted by molar-refractivity contribution is 6.39. The van der Waals surface area contributed by atoms with Crippen molar-refractivity contribution in [1.29, 1.82) is 0 Å². The van der Waals surface area contributed by atoms with Crippen molar-refractivity contribution in [2.75, 3.05) is 25.0 Å². The molecule has 0 saturated carbocycles. The molecule has 4 heterocycles. The molecule has 0 radical (unpaired) electrons. The molecule has 10 nitrogen and oxygen atoms in total. The minimum absolute atomic E-state index is 0.243. The third-order valence-electron chi connectivity index (χ3n) is 7.22. The van der Waals surface area contributed by atoms with Crippen LogP contribution >= 0.6 is 23.2 Å². The van der Waals surface area contributed by atoms with Gasteiger partial charge in [0, 0.05) is 37.3 Å². The third-order valence-corrected chi connectivity index (χ3v) is 7.85. The van der Waals surface area contributed by atoms with E-state index in [-0.39, 0.29) is 11.7 Å². The molecule has 12 heteroatoms. The molecule has 1 aliphatic rings. The minimum Gasteiger partial charge on any atom is -0.492 e. The van der Waals surface area contributed by atoms with Gasteiger partial charge in [-0.15, -0.1) is 0 Å². The summed E-state index contributed by atoms with van der Waals surface area (Å²) in [6.07, 6.45) is 5.79. The molecule has 3 aromatic heterocycles. The molecule has 0 unspecified atom stereocenters. The molecule has 5 rings (SSSR count). The van der Waals surface area contributed by atoms with E-state index in [2.05, 4.69) is 20.3 Å². The number of anilines is 2. The largest absolute Gasteiger partial charge is 0.492 e. The lowest BCUT2D eigenvalue weighted by molar-refractivity contribution is 0.0177. The van der Waals surface area contributed by atoms with Gasteiger partial charge in [0.15, 0.2) is 0 Å².